The van der Waals surface area contributed by atoms with Gasteiger partial charge < -0.3 is 10.2 Å². The Kier molecular flexibility index (Phi) is 3.67. The molecule has 2 amide bonds. The first-order valence-electron chi connectivity index (χ1n) is 10.0. The number of urea groups is 1. The number of hydrogen-bond donors (Lipinski definition) is 1. The van der Waals surface area contributed by atoms with E-state index in [0.717, 1.165) is 46.9 Å². The second-order valence-corrected chi connectivity index (χ2v) is 9.67. The lowest BCUT2D eigenvalue weighted by Crippen LogP contribution is -2.40. The Morgan fingerprint density at radius 1 is 1.11 bits per heavy atom. The zero-order valence-electron chi connectivity index (χ0n) is 16.7. The Labute approximate surface area is 165 Å². The molecular weight excluding hydrogens is 348 g/mol. The fourth-order valence-electron chi connectivity index (χ4n) is 5.78. The summed E-state index contributed by atoms with van der Waals surface area (Å²) < 4.78 is 0. The molecule has 0 unspecified atom stereocenters. The van der Waals surface area contributed by atoms with Crippen molar-refractivity contribution in [2.75, 3.05) is 11.9 Å². The first-order chi connectivity index (χ1) is 13.3. The van der Waals surface area contributed by atoms with Crippen molar-refractivity contribution in [2.45, 2.75) is 46.1 Å². The SMILES string of the molecule is CC1(C)C[C@H]2C[C@@](C)(CN2C(=O)Nc2cc3ncccc3c3cccnc23)C1. The van der Waals surface area contributed by atoms with E-state index < -0.39 is 0 Å². The topological polar surface area (TPSA) is 58.1 Å². The zero-order valence-corrected chi connectivity index (χ0v) is 16.7. The molecule has 144 valence electrons. The smallest absolute Gasteiger partial charge is 0.321 e. The van der Waals surface area contributed by atoms with Gasteiger partial charge in [-0.25, -0.2) is 4.79 Å². The summed E-state index contributed by atoms with van der Waals surface area (Å²) in [6.45, 7) is 7.80. The van der Waals surface area contributed by atoms with Crippen molar-refractivity contribution < 1.29 is 4.79 Å². The average Bonchev–Trinajstić information content (AvgIpc) is 2.91. The number of benzene rings is 1. The van der Waals surface area contributed by atoms with Crippen LogP contribution in [0.5, 0.6) is 0 Å². The van der Waals surface area contributed by atoms with E-state index in [1.54, 1.807) is 12.4 Å². The van der Waals surface area contributed by atoms with Gasteiger partial charge in [0.1, 0.15) is 0 Å². The van der Waals surface area contributed by atoms with Crippen molar-refractivity contribution in [1.29, 1.82) is 0 Å². The quantitative estimate of drug-likeness (QED) is 0.595. The Bertz CT molecular complexity index is 1090. The van der Waals surface area contributed by atoms with Crippen LogP contribution in [0, 0.1) is 10.8 Å². The molecule has 2 aliphatic rings. The largest absolute Gasteiger partial charge is 0.322 e. The molecule has 1 aliphatic heterocycles. The molecule has 2 bridgehead atoms. The summed E-state index contributed by atoms with van der Waals surface area (Å²) in [4.78, 5) is 24.3. The lowest BCUT2D eigenvalue weighted by Gasteiger charge is -2.39. The minimum absolute atomic E-state index is 0.0198. The second-order valence-electron chi connectivity index (χ2n) is 9.67. The minimum Gasteiger partial charge on any atom is -0.321 e. The number of carbonyl (C=O) groups is 1. The van der Waals surface area contributed by atoms with Crippen LogP contribution in [0.25, 0.3) is 21.8 Å². The lowest BCUT2D eigenvalue weighted by molar-refractivity contribution is 0.130. The van der Waals surface area contributed by atoms with Gasteiger partial charge in [-0.2, -0.15) is 0 Å². The van der Waals surface area contributed by atoms with Crippen LogP contribution in [-0.4, -0.2) is 33.5 Å². The van der Waals surface area contributed by atoms with Crippen molar-refractivity contribution >= 4 is 33.5 Å². The van der Waals surface area contributed by atoms with Crippen molar-refractivity contribution in [3.8, 4) is 0 Å². The van der Waals surface area contributed by atoms with Gasteiger partial charge in [-0.05, 0) is 48.3 Å². The van der Waals surface area contributed by atoms with Crippen LogP contribution >= 0.6 is 0 Å². The van der Waals surface area contributed by atoms with Gasteiger partial charge in [0, 0.05) is 35.8 Å². The molecule has 3 heterocycles. The first-order valence-corrected chi connectivity index (χ1v) is 10.0. The number of pyridine rings is 2. The van der Waals surface area contributed by atoms with Crippen LogP contribution in [0.3, 0.4) is 0 Å². The molecule has 2 aromatic heterocycles. The minimum atomic E-state index is -0.0198. The highest BCUT2D eigenvalue weighted by molar-refractivity contribution is 6.12. The van der Waals surface area contributed by atoms with Crippen molar-refractivity contribution in [3.05, 3.63) is 42.7 Å². The van der Waals surface area contributed by atoms with Gasteiger partial charge in [0.15, 0.2) is 0 Å². The third kappa shape index (κ3) is 2.81. The highest BCUT2D eigenvalue weighted by atomic mass is 16.2. The molecule has 0 radical (unpaired) electrons. The molecule has 3 aromatic rings. The molecule has 1 N–H and O–H groups in total. The molecule has 28 heavy (non-hydrogen) atoms. The van der Waals surface area contributed by atoms with Gasteiger partial charge in [-0.3, -0.25) is 9.97 Å². The van der Waals surface area contributed by atoms with Gasteiger partial charge in [-0.15, -0.1) is 0 Å². The molecule has 5 nitrogen and oxygen atoms in total. The van der Waals surface area contributed by atoms with E-state index in [1.807, 2.05) is 35.2 Å². The molecule has 2 atom stereocenters. The van der Waals surface area contributed by atoms with Gasteiger partial charge in [0.25, 0.3) is 0 Å². The van der Waals surface area contributed by atoms with E-state index in [9.17, 15) is 4.79 Å². The number of nitrogens with one attached hydrogen (secondary N) is 1. The summed E-state index contributed by atoms with van der Waals surface area (Å²) in [6, 6.07) is 10.2. The second kappa shape index (κ2) is 5.90. The Morgan fingerprint density at radius 3 is 2.68 bits per heavy atom. The van der Waals surface area contributed by atoms with Crippen molar-refractivity contribution in [1.82, 2.24) is 14.9 Å². The number of fused-ring (bicyclic) bond motifs is 5. The van der Waals surface area contributed by atoms with E-state index in [2.05, 4.69) is 36.1 Å². The molecule has 2 fully saturated rings. The predicted octanol–water partition coefficient (Wildman–Crippen LogP) is 5.22. The van der Waals surface area contributed by atoms with Crippen LogP contribution in [0.4, 0.5) is 10.5 Å². The van der Waals surface area contributed by atoms with E-state index in [4.69, 9.17) is 0 Å². The summed E-state index contributed by atoms with van der Waals surface area (Å²) in [5.74, 6) is 0. The standard InChI is InChI=1S/C23H26N4O/c1-22(2)11-15-12-23(3,13-22)14-27(15)21(28)26-19-10-18-16(6-4-8-24-18)17-7-5-9-25-20(17)19/h4-10,15H,11-14H2,1-3H3,(H,26,28)/t15-,23+/m0/s1. The molecular formula is C23H26N4O. The normalized spacial score (nSPS) is 26.0. The highest BCUT2D eigenvalue weighted by Gasteiger charge is 2.51. The van der Waals surface area contributed by atoms with E-state index in [-0.39, 0.29) is 16.9 Å². The Hall–Kier alpha value is -2.69. The molecule has 1 aliphatic carbocycles. The summed E-state index contributed by atoms with van der Waals surface area (Å²) in [6.07, 6.45) is 6.89. The van der Waals surface area contributed by atoms with Gasteiger partial charge in [0.05, 0.1) is 16.7 Å². The number of anilines is 1. The van der Waals surface area contributed by atoms with Crippen LogP contribution in [0.2, 0.25) is 0 Å². The maximum Gasteiger partial charge on any atom is 0.322 e. The summed E-state index contributed by atoms with van der Waals surface area (Å²) in [5.41, 5.74) is 2.91. The van der Waals surface area contributed by atoms with Gasteiger partial charge >= 0.3 is 6.03 Å². The summed E-state index contributed by atoms with van der Waals surface area (Å²) >= 11 is 0. The zero-order chi connectivity index (χ0) is 19.5. The average molecular weight is 374 g/mol. The van der Waals surface area contributed by atoms with E-state index >= 15 is 0 Å². The first kappa shape index (κ1) is 17.4. The molecule has 5 heteroatoms. The highest BCUT2D eigenvalue weighted by Crippen LogP contribution is 2.52. The third-order valence-corrected chi connectivity index (χ3v) is 6.39. The molecule has 0 spiro atoms. The fourth-order valence-corrected chi connectivity index (χ4v) is 5.78. The van der Waals surface area contributed by atoms with E-state index in [0.29, 0.717) is 6.04 Å². The van der Waals surface area contributed by atoms with Gasteiger partial charge in [0.2, 0.25) is 0 Å². The fraction of sp³-hybridized carbons (Fsp3) is 0.435. The third-order valence-electron chi connectivity index (χ3n) is 6.39. The number of likely N-dealkylation sites (tertiary alicyclic amines) is 1. The number of nitrogens with zero attached hydrogens (tertiary/aromatic N) is 3. The van der Waals surface area contributed by atoms with Crippen LogP contribution in [-0.2, 0) is 0 Å². The molecule has 1 aromatic carbocycles. The van der Waals surface area contributed by atoms with E-state index in [1.165, 1.54) is 6.42 Å². The number of rotatable bonds is 1. The summed E-state index contributed by atoms with van der Waals surface area (Å²) in [5, 5.41) is 5.22. The van der Waals surface area contributed by atoms with Crippen molar-refractivity contribution in [3.63, 3.8) is 0 Å². The monoisotopic (exact) mass is 374 g/mol. The Morgan fingerprint density at radius 2 is 1.86 bits per heavy atom. The van der Waals surface area contributed by atoms with Crippen LogP contribution in [0.1, 0.15) is 40.0 Å². The van der Waals surface area contributed by atoms with Gasteiger partial charge in [-0.1, -0.05) is 32.9 Å². The number of hydrogen-bond acceptors (Lipinski definition) is 3. The Balaban J connectivity index is 1.51. The van der Waals surface area contributed by atoms with Crippen LogP contribution < -0.4 is 5.32 Å². The molecule has 5 rings (SSSR count). The van der Waals surface area contributed by atoms with Crippen LogP contribution in [0.15, 0.2) is 42.7 Å². The predicted molar refractivity (Wildman–Crippen MR) is 112 cm³/mol. The molecule has 1 saturated heterocycles. The number of aromatic nitrogens is 2. The summed E-state index contributed by atoms with van der Waals surface area (Å²) in [7, 11) is 0. The van der Waals surface area contributed by atoms with Crippen molar-refractivity contribution in [2.24, 2.45) is 10.8 Å². The number of carbonyl (C=O) groups excluding carboxylic acids is 1. The maximum absolute atomic E-state index is 13.3. The molecule has 1 saturated carbocycles. The lowest BCUT2D eigenvalue weighted by atomic mass is 9.65. The number of amides is 2. The maximum atomic E-state index is 13.3.